The van der Waals surface area contributed by atoms with Crippen molar-refractivity contribution in [1.29, 1.82) is 0 Å². The van der Waals surface area contributed by atoms with Crippen LogP contribution < -0.4 is 19.5 Å². The molecular weight excluding hydrogens is 375 g/mol. The molecule has 0 spiro atoms. The Labute approximate surface area is 168 Å². The maximum absolute atomic E-state index is 14.0. The monoisotopic (exact) mass is 398 g/mol. The summed E-state index contributed by atoms with van der Waals surface area (Å²) in [7, 11) is 3.14. The number of aromatic nitrogens is 1. The van der Waals surface area contributed by atoms with Gasteiger partial charge in [-0.3, -0.25) is 4.79 Å². The molecule has 29 heavy (non-hydrogen) atoms. The van der Waals surface area contributed by atoms with Gasteiger partial charge in [-0.15, -0.1) is 0 Å². The lowest BCUT2D eigenvalue weighted by atomic mass is 10.1. The zero-order chi connectivity index (χ0) is 21.0. The molecule has 152 valence electrons. The van der Waals surface area contributed by atoms with Crippen LogP contribution >= 0.6 is 0 Å². The number of nitrogens with zero attached hydrogens (tertiary/aromatic N) is 1. The molecule has 0 fully saturated rings. The van der Waals surface area contributed by atoms with Gasteiger partial charge in [-0.2, -0.15) is 0 Å². The van der Waals surface area contributed by atoms with E-state index in [0.29, 0.717) is 28.3 Å². The number of halogens is 1. The van der Waals surface area contributed by atoms with Gasteiger partial charge in [0.25, 0.3) is 5.91 Å². The van der Waals surface area contributed by atoms with Crippen LogP contribution in [0.25, 0.3) is 10.9 Å². The molecule has 0 aliphatic heterocycles. The maximum atomic E-state index is 14.0. The second-order valence-corrected chi connectivity index (χ2v) is 6.58. The van der Waals surface area contributed by atoms with E-state index in [1.165, 1.54) is 6.07 Å². The van der Waals surface area contributed by atoms with Gasteiger partial charge in [0.1, 0.15) is 28.6 Å². The Morgan fingerprint density at radius 3 is 2.66 bits per heavy atom. The molecule has 2 aromatic carbocycles. The van der Waals surface area contributed by atoms with E-state index in [-0.39, 0.29) is 24.1 Å². The van der Waals surface area contributed by atoms with Crippen LogP contribution in [0.4, 0.5) is 4.39 Å². The lowest BCUT2D eigenvalue weighted by molar-refractivity contribution is -0.123. The Kier molecular flexibility index (Phi) is 6.16. The van der Waals surface area contributed by atoms with Crippen molar-refractivity contribution < 1.29 is 23.4 Å². The molecule has 0 aliphatic rings. The Balaban J connectivity index is 1.73. The fourth-order valence-electron chi connectivity index (χ4n) is 3.11. The van der Waals surface area contributed by atoms with Crippen LogP contribution in [0.2, 0.25) is 0 Å². The number of para-hydroxylation sites is 1. The van der Waals surface area contributed by atoms with Crippen molar-refractivity contribution in [3.63, 3.8) is 0 Å². The number of hydrogen-bond acceptors (Lipinski definition) is 5. The highest BCUT2D eigenvalue weighted by Gasteiger charge is 2.16. The highest BCUT2D eigenvalue weighted by molar-refractivity contribution is 5.86. The minimum Gasteiger partial charge on any atom is -0.497 e. The normalized spacial score (nSPS) is 11.8. The van der Waals surface area contributed by atoms with Crippen LogP contribution in [-0.2, 0) is 4.79 Å². The Hall–Kier alpha value is -3.35. The molecule has 7 heteroatoms. The number of amides is 1. The van der Waals surface area contributed by atoms with Crippen molar-refractivity contribution in [3.05, 3.63) is 59.5 Å². The number of nitrogens with one attached hydrogen (secondary N) is 1. The molecule has 0 radical (unpaired) electrons. The first-order valence-corrected chi connectivity index (χ1v) is 9.13. The predicted octanol–water partition coefficient (Wildman–Crippen LogP) is 3.96. The summed E-state index contributed by atoms with van der Waals surface area (Å²) >= 11 is 0. The van der Waals surface area contributed by atoms with E-state index in [1.807, 2.05) is 13.0 Å². The van der Waals surface area contributed by atoms with Gasteiger partial charge in [-0.05, 0) is 44.2 Å². The molecule has 1 atom stereocenters. The lowest BCUT2D eigenvalue weighted by Crippen LogP contribution is -2.31. The molecule has 0 saturated heterocycles. The van der Waals surface area contributed by atoms with Crippen molar-refractivity contribution in [1.82, 2.24) is 10.3 Å². The molecule has 1 N–H and O–H groups in total. The van der Waals surface area contributed by atoms with E-state index in [2.05, 4.69) is 10.3 Å². The topological polar surface area (TPSA) is 69.7 Å². The molecule has 1 amide bonds. The first kappa shape index (κ1) is 20.4. The highest BCUT2D eigenvalue weighted by Crippen LogP contribution is 2.30. The second-order valence-electron chi connectivity index (χ2n) is 6.58. The van der Waals surface area contributed by atoms with Gasteiger partial charge >= 0.3 is 0 Å². The Bertz CT molecular complexity index is 1040. The maximum Gasteiger partial charge on any atom is 0.258 e. The second kappa shape index (κ2) is 8.77. The molecule has 3 aromatic rings. The minimum atomic E-state index is -0.431. The summed E-state index contributed by atoms with van der Waals surface area (Å²) in [5.41, 5.74) is 1.61. The number of carbonyl (C=O) groups is 1. The summed E-state index contributed by atoms with van der Waals surface area (Å²) < 4.78 is 30.3. The zero-order valence-electron chi connectivity index (χ0n) is 16.8. The van der Waals surface area contributed by atoms with Crippen molar-refractivity contribution in [2.24, 2.45) is 0 Å². The Morgan fingerprint density at radius 2 is 1.93 bits per heavy atom. The SMILES string of the molecule is COc1ccc(OC)c(C(C)NC(=O)COc2cc(C)nc3c(F)cccc23)c1. The number of rotatable bonds is 7. The third-order valence-electron chi connectivity index (χ3n) is 4.52. The molecular formula is C22H23FN2O4. The molecule has 0 bridgehead atoms. The molecule has 6 nitrogen and oxygen atoms in total. The summed E-state index contributed by atoms with van der Waals surface area (Å²) in [5.74, 6) is 0.971. The van der Waals surface area contributed by atoms with Crippen molar-refractivity contribution in [2.45, 2.75) is 19.9 Å². The number of carbonyl (C=O) groups excluding carboxylic acids is 1. The van der Waals surface area contributed by atoms with Gasteiger partial charge in [-0.25, -0.2) is 9.37 Å². The Morgan fingerprint density at radius 1 is 1.14 bits per heavy atom. The van der Waals surface area contributed by atoms with Crippen LogP contribution in [0.3, 0.4) is 0 Å². The fraction of sp³-hybridized carbons (Fsp3) is 0.273. The van der Waals surface area contributed by atoms with Crippen molar-refractivity contribution in [3.8, 4) is 17.2 Å². The number of methoxy groups -OCH3 is 2. The van der Waals surface area contributed by atoms with E-state index < -0.39 is 5.82 Å². The predicted molar refractivity (Wildman–Crippen MR) is 108 cm³/mol. The first-order valence-electron chi connectivity index (χ1n) is 9.13. The summed E-state index contributed by atoms with van der Waals surface area (Å²) in [5, 5.41) is 3.40. The molecule has 0 aliphatic carbocycles. The lowest BCUT2D eigenvalue weighted by Gasteiger charge is -2.18. The number of benzene rings is 2. The zero-order valence-corrected chi connectivity index (χ0v) is 16.8. The molecule has 1 unspecified atom stereocenters. The van der Waals surface area contributed by atoms with Gasteiger partial charge in [0, 0.05) is 22.7 Å². The van der Waals surface area contributed by atoms with Crippen molar-refractivity contribution in [2.75, 3.05) is 20.8 Å². The fourth-order valence-corrected chi connectivity index (χ4v) is 3.11. The molecule has 1 aromatic heterocycles. The van der Waals surface area contributed by atoms with Crippen molar-refractivity contribution >= 4 is 16.8 Å². The number of aryl methyl sites for hydroxylation is 1. The highest BCUT2D eigenvalue weighted by atomic mass is 19.1. The summed E-state index contributed by atoms with van der Waals surface area (Å²) in [4.78, 5) is 16.6. The van der Waals surface area contributed by atoms with Crippen LogP contribution in [0, 0.1) is 12.7 Å². The van der Waals surface area contributed by atoms with Crippen LogP contribution in [0.15, 0.2) is 42.5 Å². The summed E-state index contributed by atoms with van der Waals surface area (Å²) in [6, 6.07) is 11.4. The molecule has 1 heterocycles. The number of ether oxygens (including phenoxy) is 3. The largest absolute Gasteiger partial charge is 0.497 e. The average Bonchev–Trinajstić information content (AvgIpc) is 2.72. The average molecular weight is 398 g/mol. The van der Waals surface area contributed by atoms with E-state index in [0.717, 1.165) is 5.56 Å². The quantitative estimate of drug-likeness (QED) is 0.653. The third-order valence-corrected chi connectivity index (χ3v) is 4.52. The van der Waals surface area contributed by atoms with Crippen LogP contribution in [0.5, 0.6) is 17.2 Å². The van der Waals surface area contributed by atoms with E-state index >= 15 is 0 Å². The molecule has 3 rings (SSSR count). The van der Waals surface area contributed by atoms with Crippen LogP contribution in [0.1, 0.15) is 24.2 Å². The van der Waals surface area contributed by atoms with Gasteiger partial charge in [0.15, 0.2) is 6.61 Å². The van der Waals surface area contributed by atoms with Crippen LogP contribution in [-0.4, -0.2) is 31.7 Å². The molecule has 0 saturated carbocycles. The minimum absolute atomic E-state index is 0.217. The summed E-state index contributed by atoms with van der Waals surface area (Å²) in [6.45, 7) is 3.37. The van der Waals surface area contributed by atoms with E-state index in [9.17, 15) is 9.18 Å². The smallest absolute Gasteiger partial charge is 0.258 e. The standard InChI is InChI=1S/C22H23FN2O4/c1-13-10-20(16-6-5-7-18(23)22(16)24-13)29-12-21(26)25-14(2)17-11-15(27-3)8-9-19(17)28-4/h5-11,14H,12H2,1-4H3,(H,25,26). The van der Waals surface area contributed by atoms with Gasteiger partial charge in [0.2, 0.25) is 0 Å². The van der Waals surface area contributed by atoms with Gasteiger partial charge in [-0.1, -0.05) is 6.07 Å². The van der Waals surface area contributed by atoms with E-state index in [4.69, 9.17) is 14.2 Å². The summed E-state index contributed by atoms with van der Waals surface area (Å²) in [6.07, 6.45) is 0. The van der Waals surface area contributed by atoms with E-state index in [1.54, 1.807) is 51.5 Å². The first-order chi connectivity index (χ1) is 13.9. The number of fused-ring (bicyclic) bond motifs is 1. The number of hydrogen-bond donors (Lipinski definition) is 1. The van der Waals surface area contributed by atoms with Gasteiger partial charge in [0.05, 0.1) is 20.3 Å². The number of pyridine rings is 1. The van der Waals surface area contributed by atoms with Gasteiger partial charge < -0.3 is 19.5 Å². The third kappa shape index (κ3) is 4.56.